The fourth-order valence-electron chi connectivity index (χ4n) is 1.45. The van der Waals surface area contributed by atoms with Crippen LogP contribution in [0.5, 0.6) is 5.75 Å². The quantitative estimate of drug-likeness (QED) is 0.781. The smallest absolute Gasteiger partial charge is 0.122 e. The van der Waals surface area contributed by atoms with Crippen molar-refractivity contribution in [2.45, 2.75) is 39.7 Å². The second kappa shape index (κ2) is 6.27. The Kier molecular flexibility index (Phi) is 5.29. The van der Waals surface area contributed by atoms with Gasteiger partial charge in [0.1, 0.15) is 12.4 Å². The van der Waals surface area contributed by atoms with E-state index in [0.29, 0.717) is 6.61 Å². The number of halogens is 1. The minimum atomic E-state index is 0.179. The van der Waals surface area contributed by atoms with E-state index in [1.165, 1.54) is 0 Å². The number of rotatable bonds is 6. The van der Waals surface area contributed by atoms with E-state index in [1.807, 2.05) is 25.1 Å². The summed E-state index contributed by atoms with van der Waals surface area (Å²) in [6.07, 6.45) is 1.10. The van der Waals surface area contributed by atoms with Crippen molar-refractivity contribution in [3.8, 4) is 5.75 Å². The second-order valence-corrected chi connectivity index (χ2v) is 5.36. The third kappa shape index (κ3) is 4.97. The molecule has 2 nitrogen and oxygen atoms in total. The van der Waals surface area contributed by atoms with Gasteiger partial charge in [0.25, 0.3) is 0 Å². The molecule has 1 aromatic rings. The third-order valence-electron chi connectivity index (χ3n) is 2.98. The molecule has 0 fully saturated rings. The van der Waals surface area contributed by atoms with Crippen LogP contribution in [0.15, 0.2) is 18.2 Å². The summed E-state index contributed by atoms with van der Waals surface area (Å²) in [5, 5.41) is 4.21. The molecule has 0 saturated carbocycles. The summed E-state index contributed by atoms with van der Waals surface area (Å²) in [7, 11) is 0. The predicted molar refractivity (Wildman–Crippen MR) is 74.1 cm³/mol. The van der Waals surface area contributed by atoms with Gasteiger partial charge >= 0.3 is 0 Å². The first kappa shape index (κ1) is 14.3. The van der Waals surface area contributed by atoms with Crippen molar-refractivity contribution in [1.82, 2.24) is 5.32 Å². The first-order valence-electron chi connectivity index (χ1n) is 6.08. The van der Waals surface area contributed by atoms with E-state index >= 15 is 0 Å². The highest BCUT2D eigenvalue weighted by atomic mass is 35.5. The molecule has 0 bridgehead atoms. The van der Waals surface area contributed by atoms with Gasteiger partial charge < -0.3 is 10.1 Å². The molecule has 0 heterocycles. The average Bonchev–Trinajstić information content (AvgIpc) is 2.27. The highest BCUT2D eigenvalue weighted by Crippen LogP contribution is 2.21. The van der Waals surface area contributed by atoms with E-state index in [4.69, 9.17) is 16.3 Å². The van der Waals surface area contributed by atoms with E-state index in [1.54, 1.807) is 0 Å². The van der Waals surface area contributed by atoms with E-state index in [0.717, 1.165) is 29.3 Å². The van der Waals surface area contributed by atoms with Crippen molar-refractivity contribution < 1.29 is 4.74 Å². The number of benzene rings is 1. The van der Waals surface area contributed by atoms with Crippen LogP contribution in [-0.2, 0) is 0 Å². The third-order valence-corrected chi connectivity index (χ3v) is 3.22. The topological polar surface area (TPSA) is 21.3 Å². The van der Waals surface area contributed by atoms with Gasteiger partial charge in [0.05, 0.1) is 0 Å². The van der Waals surface area contributed by atoms with E-state index in [2.05, 4.69) is 26.1 Å². The van der Waals surface area contributed by atoms with Gasteiger partial charge in [0.15, 0.2) is 0 Å². The monoisotopic (exact) mass is 255 g/mol. The lowest BCUT2D eigenvalue weighted by Crippen LogP contribution is -2.40. The van der Waals surface area contributed by atoms with Gasteiger partial charge in [0.2, 0.25) is 0 Å². The SMILES string of the molecule is CCC(C)(C)NCCOc1ccc(Cl)cc1C. The molecular weight excluding hydrogens is 234 g/mol. The molecule has 0 aromatic heterocycles. The van der Waals surface area contributed by atoms with Gasteiger partial charge in [-0.15, -0.1) is 0 Å². The fourth-order valence-corrected chi connectivity index (χ4v) is 1.68. The molecule has 0 aliphatic carbocycles. The minimum Gasteiger partial charge on any atom is -0.492 e. The maximum absolute atomic E-state index is 5.89. The molecule has 0 aliphatic rings. The Bertz CT molecular complexity index is 363. The Morgan fingerprint density at radius 2 is 2.06 bits per heavy atom. The van der Waals surface area contributed by atoms with Crippen molar-refractivity contribution in [2.75, 3.05) is 13.2 Å². The Hall–Kier alpha value is -0.730. The Morgan fingerprint density at radius 1 is 1.35 bits per heavy atom. The maximum Gasteiger partial charge on any atom is 0.122 e. The van der Waals surface area contributed by atoms with Crippen LogP contribution in [-0.4, -0.2) is 18.7 Å². The van der Waals surface area contributed by atoms with Crippen molar-refractivity contribution in [3.63, 3.8) is 0 Å². The first-order chi connectivity index (χ1) is 7.94. The summed E-state index contributed by atoms with van der Waals surface area (Å²) in [5.74, 6) is 0.908. The van der Waals surface area contributed by atoms with E-state index < -0.39 is 0 Å². The molecule has 0 amide bonds. The molecule has 3 heteroatoms. The van der Waals surface area contributed by atoms with Crippen LogP contribution in [0.1, 0.15) is 32.8 Å². The second-order valence-electron chi connectivity index (χ2n) is 4.92. The molecule has 0 unspecified atom stereocenters. The summed E-state index contributed by atoms with van der Waals surface area (Å²) in [6, 6.07) is 5.69. The zero-order valence-electron chi connectivity index (χ0n) is 11.1. The summed E-state index contributed by atoms with van der Waals surface area (Å²) >= 11 is 5.89. The molecule has 1 N–H and O–H groups in total. The number of hydrogen-bond donors (Lipinski definition) is 1. The minimum absolute atomic E-state index is 0.179. The molecule has 0 radical (unpaired) electrons. The number of nitrogens with one attached hydrogen (secondary N) is 1. The van der Waals surface area contributed by atoms with E-state index in [-0.39, 0.29) is 5.54 Å². The Labute approximate surface area is 109 Å². The number of hydrogen-bond acceptors (Lipinski definition) is 2. The number of aryl methyl sites for hydroxylation is 1. The lowest BCUT2D eigenvalue weighted by molar-refractivity contribution is 0.279. The van der Waals surface area contributed by atoms with Gasteiger partial charge in [0, 0.05) is 17.1 Å². The summed E-state index contributed by atoms with van der Waals surface area (Å²) in [6.45, 7) is 10.1. The van der Waals surface area contributed by atoms with Crippen LogP contribution in [0.3, 0.4) is 0 Å². The van der Waals surface area contributed by atoms with Crippen LogP contribution < -0.4 is 10.1 Å². The fraction of sp³-hybridized carbons (Fsp3) is 0.571. The summed E-state index contributed by atoms with van der Waals surface area (Å²) in [4.78, 5) is 0. The Balaban J connectivity index is 2.36. The van der Waals surface area contributed by atoms with Crippen LogP contribution in [0.2, 0.25) is 5.02 Å². The molecule has 0 atom stereocenters. The van der Waals surface area contributed by atoms with Crippen LogP contribution >= 0.6 is 11.6 Å². The van der Waals surface area contributed by atoms with Crippen molar-refractivity contribution in [1.29, 1.82) is 0 Å². The molecular formula is C14H22ClNO. The molecule has 0 aliphatic heterocycles. The van der Waals surface area contributed by atoms with Gasteiger partial charge in [-0.3, -0.25) is 0 Å². The molecule has 1 aromatic carbocycles. The number of ether oxygens (including phenoxy) is 1. The molecule has 96 valence electrons. The standard InChI is InChI=1S/C14H22ClNO/c1-5-14(3,4)16-8-9-17-13-7-6-12(15)10-11(13)2/h6-7,10,16H,5,8-9H2,1-4H3. The summed E-state index contributed by atoms with van der Waals surface area (Å²) < 4.78 is 5.71. The zero-order valence-corrected chi connectivity index (χ0v) is 11.9. The predicted octanol–water partition coefficient (Wildman–Crippen LogP) is 3.81. The highest BCUT2D eigenvalue weighted by molar-refractivity contribution is 6.30. The average molecular weight is 256 g/mol. The van der Waals surface area contributed by atoms with Crippen molar-refractivity contribution in [2.24, 2.45) is 0 Å². The zero-order chi connectivity index (χ0) is 12.9. The van der Waals surface area contributed by atoms with Gasteiger partial charge in [-0.25, -0.2) is 0 Å². The first-order valence-corrected chi connectivity index (χ1v) is 6.46. The van der Waals surface area contributed by atoms with Gasteiger partial charge in [-0.1, -0.05) is 18.5 Å². The lowest BCUT2D eigenvalue weighted by atomic mass is 10.0. The molecule has 0 saturated heterocycles. The highest BCUT2D eigenvalue weighted by Gasteiger charge is 2.12. The molecule has 1 rings (SSSR count). The largest absolute Gasteiger partial charge is 0.492 e. The Morgan fingerprint density at radius 3 is 2.65 bits per heavy atom. The van der Waals surface area contributed by atoms with Crippen molar-refractivity contribution in [3.05, 3.63) is 28.8 Å². The van der Waals surface area contributed by atoms with Crippen molar-refractivity contribution >= 4 is 11.6 Å². The lowest BCUT2D eigenvalue weighted by Gasteiger charge is -2.24. The van der Waals surface area contributed by atoms with E-state index in [9.17, 15) is 0 Å². The van der Waals surface area contributed by atoms with Crippen LogP contribution in [0.25, 0.3) is 0 Å². The maximum atomic E-state index is 5.89. The molecule has 17 heavy (non-hydrogen) atoms. The summed E-state index contributed by atoms with van der Waals surface area (Å²) in [5.41, 5.74) is 1.26. The molecule has 0 spiro atoms. The van der Waals surface area contributed by atoms with Crippen LogP contribution in [0.4, 0.5) is 0 Å². The van der Waals surface area contributed by atoms with Crippen LogP contribution in [0, 0.1) is 6.92 Å². The van der Waals surface area contributed by atoms with Gasteiger partial charge in [-0.2, -0.15) is 0 Å². The normalized spacial score (nSPS) is 11.6. The van der Waals surface area contributed by atoms with Gasteiger partial charge in [-0.05, 0) is 51.0 Å².